The van der Waals surface area contributed by atoms with Crippen molar-refractivity contribution in [2.24, 2.45) is 11.1 Å². The minimum absolute atomic E-state index is 0.0181. The van der Waals surface area contributed by atoms with E-state index in [4.69, 9.17) is 15.2 Å². The van der Waals surface area contributed by atoms with Crippen LogP contribution in [-0.4, -0.2) is 43.9 Å². The summed E-state index contributed by atoms with van der Waals surface area (Å²) in [4.78, 5) is 12.3. The molecular weight excluding hydrogens is 220 g/mol. The summed E-state index contributed by atoms with van der Waals surface area (Å²) in [5.41, 5.74) is 5.07. The van der Waals surface area contributed by atoms with Gasteiger partial charge in [-0.2, -0.15) is 0 Å². The van der Waals surface area contributed by atoms with E-state index in [1.54, 1.807) is 0 Å². The van der Waals surface area contributed by atoms with Crippen molar-refractivity contribution in [3.63, 3.8) is 0 Å². The van der Waals surface area contributed by atoms with Crippen molar-refractivity contribution in [2.45, 2.75) is 38.3 Å². The molecule has 17 heavy (non-hydrogen) atoms. The zero-order valence-electron chi connectivity index (χ0n) is 10.6. The summed E-state index contributed by atoms with van der Waals surface area (Å²) >= 11 is 0. The number of nitrogens with one attached hydrogen (secondary N) is 1. The highest BCUT2D eigenvalue weighted by Gasteiger charge is 2.46. The Bertz CT molecular complexity index is 302. The van der Waals surface area contributed by atoms with Gasteiger partial charge in [-0.1, -0.05) is 0 Å². The zero-order valence-corrected chi connectivity index (χ0v) is 10.6. The van der Waals surface area contributed by atoms with Gasteiger partial charge >= 0.3 is 0 Å². The van der Waals surface area contributed by atoms with Gasteiger partial charge in [0.15, 0.2) is 0 Å². The molecule has 5 nitrogen and oxygen atoms in total. The van der Waals surface area contributed by atoms with Crippen LogP contribution in [0, 0.1) is 5.41 Å². The Morgan fingerprint density at radius 3 is 2.65 bits per heavy atom. The molecule has 2 aliphatic heterocycles. The van der Waals surface area contributed by atoms with Crippen molar-refractivity contribution in [3.05, 3.63) is 0 Å². The van der Waals surface area contributed by atoms with E-state index >= 15 is 0 Å². The Balaban J connectivity index is 2.00. The van der Waals surface area contributed by atoms with Gasteiger partial charge in [-0.15, -0.1) is 0 Å². The van der Waals surface area contributed by atoms with Crippen LogP contribution in [-0.2, 0) is 14.3 Å². The summed E-state index contributed by atoms with van der Waals surface area (Å²) in [6.45, 7) is 6.10. The second-order valence-electron chi connectivity index (χ2n) is 5.71. The zero-order chi connectivity index (χ0) is 12.5. The summed E-state index contributed by atoms with van der Waals surface area (Å²) in [7, 11) is 0. The molecule has 2 aliphatic rings. The second kappa shape index (κ2) is 4.55. The first-order chi connectivity index (χ1) is 7.96. The third kappa shape index (κ3) is 2.46. The van der Waals surface area contributed by atoms with Crippen molar-refractivity contribution in [2.75, 3.05) is 26.4 Å². The average molecular weight is 242 g/mol. The largest absolute Gasteiger partial charge is 0.379 e. The van der Waals surface area contributed by atoms with Crippen LogP contribution in [0.3, 0.4) is 0 Å². The molecule has 0 aromatic heterocycles. The van der Waals surface area contributed by atoms with E-state index in [1.807, 2.05) is 13.8 Å². The Labute approximate surface area is 102 Å². The van der Waals surface area contributed by atoms with Crippen LogP contribution in [0.25, 0.3) is 0 Å². The van der Waals surface area contributed by atoms with E-state index in [2.05, 4.69) is 5.32 Å². The van der Waals surface area contributed by atoms with Crippen LogP contribution in [0.1, 0.15) is 26.7 Å². The summed E-state index contributed by atoms with van der Waals surface area (Å²) in [6.07, 6.45) is 1.93. The molecule has 2 fully saturated rings. The third-order valence-electron chi connectivity index (χ3n) is 3.89. The molecule has 0 aromatic rings. The number of rotatable bonds is 2. The number of carbonyl (C=O) groups is 1. The van der Waals surface area contributed by atoms with Crippen LogP contribution >= 0.6 is 0 Å². The van der Waals surface area contributed by atoms with E-state index in [9.17, 15) is 4.79 Å². The molecule has 0 saturated carbocycles. The van der Waals surface area contributed by atoms with Gasteiger partial charge in [-0.3, -0.25) is 4.79 Å². The van der Waals surface area contributed by atoms with Gasteiger partial charge < -0.3 is 20.5 Å². The van der Waals surface area contributed by atoms with Gasteiger partial charge in [0, 0.05) is 12.6 Å². The summed E-state index contributed by atoms with van der Waals surface area (Å²) in [5, 5.41) is 3.08. The van der Waals surface area contributed by atoms with E-state index in [-0.39, 0.29) is 17.5 Å². The molecule has 3 N–H and O–H groups in total. The standard InChI is InChI=1S/C12H22N2O3/c1-11(4-3-5-16-7-11)14-10(15)12(2)8-17-6-9(12)13/h9H,3-8,13H2,1-2H3,(H,14,15). The fourth-order valence-corrected chi connectivity index (χ4v) is 2.37. The molecule has 5 heteroatoms. The lowest BCUT2D eigenvalue weighted by Crippen LogP contribution is -2.58. The van der Waals surface area contributed by atoms with Gasteiger partial charge in [0.1, 0.15) is 0 Å². The average Bonchev–Trinajstić information content (AvgIpc) is 2.61. The highest BCUT2D eigenvalue weighted by Crippen LogP contribution is 2.29. The first-order valence-electron chi connectivity index (χ1n) is 6.20. The van der Waals surface area contributed by atoms with Crippen molar-refractivity contribution in [1.82, 2.24) is 5.32 Å². The van der Waals surface area contributed by atoms with Gasteiger partial charge in [0.25, 0.3) is 0 Å². The highest BCUT2D eigenvalue weighted by atomic mass is 16.5. The third-order valence-corrected chi connectivity index (χ3v) is 3.89. The fraction of sp³-hybridized carbons (Fsp3) is 0.917. The molecule has 3 atom stereocenters. The Morgan fingerprint density at radius 1 is 1.35 bits per heavy atom. The maximum Gasteiger partial charge on any atom is 0.230 e. The predicted molar refractivity (Wildman–Crippen MR) is 63.5 cm³/mol. The van der Waals surface area contributed by atoms with Crippen LogP contribution in [0.15, 0.2) is 0 Å². The SMILES string of the molecule is CC1(NC(=O)C2(C)COCC2N)CCCOC1. The molecule has 0 aromatic carbocycles. The molecule has 0 radical (unpaired) electrons. The Hall–Kier alpha value is -0.650. The van der Waals surface area contributed by atoms with Crippen molar-refractivity contribution in [3.8, 4) is 0 Å². The first kappa shape index (κ1) is 12.8. The molecule has 2 saturated heterocycles. The van der Waals surface area contributed by atoms with Crippen LogP contribution in [0.5, 0.6) is 0 Å². The highest BCUT2D eigenvalue weighted by molar-refractivity contribution is 5.84. The minimum Gasteiger partial charge on any atom is -0.379 e. The lowest BCUT2D eigenvalue weighted by Gasteiger charge is -2.37. The fourth-order valence-electron chi connectivity index (χ4n) is 2.37. The monoisotopic (exact) mass is 242 g/mol. The number of carbonyl (C=O) groups excluding carboxylic acids is 1. The lowest BCUT2D eigenvalue weighted by molar-refractivity contribution is -0.134. The molecular formula is C12H22N2O3. The molecule has 0 bridgehead atoms. The van der Waals surface area contributed by atoms with Gasteiger partial charge in [-0.25, -0.2) is 0 Å². The van der Waals surface area contributed by atoms with Crippen LogP contribution < -0.4 is 11.1 Å². The Morgan fingerprint density at radius 2 is 2.12 bits per heavy atom. The topological polar surface area (TPSA) is 73.6 Å². The smallest absolute Gasteiger partial charge is 0.230 e. The molecule has 3 unspecified atom stereocenters. The number of ether oxygens (including phenoxy) is 2. The van der Waals surface area contributed by atoms with Gasteiger partial charge in [0.2, 0.25) is 5.91 Å². The van der Waals surface area contributed by atoms with Gasteiger partial charge in [0.05, 0.1) is 30.8 Å². The maximum absolute atomic E-state index is 12.3. The molecule has 2 rings (SSSR count). The predicted octanol–water partition coefficient (Wildman–Crippen LogP) is 0.0355. The molecule has 2 heterocycles. The van der Waals surface area contributed by atoms with E-state index in [1.165, 1.54) is 0 Å². The lowest BCUT2D eigenvalue weighted by atomic mass is 9.83. The number of hydrogen-bond acceptors (Lipinski definition) is 4. The summed E-state index contributed by atoms with van der Waals surface area (Å²) in [5.74, 6) is -0.0181. The molecule has 98 valence electrons. The quantitative estimate of drug-likeness (QED) is 0.717. The van der Waals surface area contributed by atoms with Crippen LogP contribution in [0.2, 0.25) is 0 Å². The van der Waals surface area contributed by atoms with E-state index in [0.29, 0.717) is 19.8 Å². The maximum atomic E-state index is 12.3. The summed E-state index contributed by atoms with van der Waals surface area (Å²) < 4.78 is 10.7. The van der Waals surface area contributed by atoms with Crippen LogP contribution in [0.4, 0.5) is 0 Å². The van der Waals surface area contributed by atoms with E-state index in [0.717, 1.165) is 19.4 Å². The molecule has 0 spiro atoms. The molecule has 1 amide bonds. The second-order valence-corrected chi connectivity index (χ2v) is 5.71. The normalized spacial score (nSPS) is 42.4. The van der Waals surface area contributed by atoms with Gasteiger partial charge in [-0.05, 0) is 26.7 Å². The number of hydrogen-bond donors (Lipinski definition) is 2. The minimum atomic E-state index is -0.611. The molecule has 0 aliphatic carbocycles. The Kier molecular flexibility index (Phi) is 3.43. The first-order valence-corrected chi connectivity index (χ1v) is 6.20. The number of nitrogens with two attached hydrogens (primary N) is 1. The summed E-state index contributed by atoms with van der Waals surface area (Å²) in [6, 6.07) is -0.226. The number of amides is 1. The van der Waals surface area contributed by atoms with Crippen molar-refractivity contribution < 1.29 is 14.3 Å². The van der Waals surface area contributed by atoms with Crippen molar-refractivity contribution in [1.29, 1.82) is 0 Å². The van der Waals surface area contributed by atoms with Crippen molar-refractivity contribution >= 4 is 5.91 Å². The van der Waals surface area contributed by atoms with E-state index < -0.39 is 5.41 Å².